The molecule has 2 atom stereocenters. The topological polar surface area (TPSA) is 35.9 Å². The van der Waals surface area contributed by atoms with Gasteiger partial charge in [0, 0.05) is 62.4 Å². The molecule has 3 aliphatic rings. The van der Waals surface area contributed by atoms with E-state index in [2.05, 4.69) is 21.9 Å². The molecule has 2 unspecified atom stereocenters. The maximum atomic E-state index is 10.2. The van der Waals surface area contributed by atoms with Gasteiger partial charge in [0.05, 0.1) is 6.61 Å². The molecule has 1 aromatic carbocycles. The lowest BCUT2D eigenvalue weighted by Gasteiger charge is -2.34. The maximum Gasteiger partial charge on any atom is 0.0515 e. The summed E-state index contributed by atoms with van der Waals surface area (Å²) in [5.41, 5.74) is 1.31. The summed E-state index contributed by atoms with van der Waals surface area (Å²) in [5.74, 6) is 0.574. The van der Waals surface area contributed by atoms with E-state index in [9.17, 15) is 5.11 Å². The van der Waals surface area contributed by atoms with Gasteiger partial charge in [-0.25, -0.2) is 0 Å². The first kappa shape index (κ1) is 16.8. The van der Waals surface area contributed by atoms with E-state index in [0.717, 1.165) is 63.8 Å². The number of nitrogens with zero attached hydrogens (tertiary/aromatic N) is 2. The van der Waals surface area contributed by atoms with Crippen LogP contribution in [0.1, 0.15) is 18.4 Å². The van der Waals surface area contributed by atoms with E-state index in [4.69, 9.17) is 16.3 Å². The van der Waals surface area contributed by atoms with E-state index < -0.39 is 0 Å². The van der Waals surface area contributed by atoms with Crippen molar-refractivity contribution in [3.05, 3.63) is 34.9 Å². The second kappa shape index (κ2) is 6.93. The number of fused-ring (bicyclic) bond motifs is 1. The number of halogens is 1. The summed E-state index contributed by atoms with van der Waals surface area (Å²) in [6.07, 6.45) is 2.28. The fourth-order valence-corrected chi connectivity index (χ4v) is 5.11. The van der Waals surface area contributed by atoms with Crippen molar-refractivity contribution in [2.24, 2.45) is 11.3 Å². The molecule has 0 spiro atoms. The molecule has 3 saturated heterocycles. The van der Waals surface area contributed by atoms with Crippen LogP contribution in [0.3, 0.4) is 0 Å². The second-order valence-electron chi connectivity index (χ2n) is 7.79. The Hall–Kier alpha value is -0.650. The highest BCUT2D eigenvalue weighted by Gasteiger charge is 2.52. The van der Waals surface area contributed by atoms with Gasteiger partial charge in [0.25, 0.3) is 0 Å². The molecule has 5 heteroatoms. The van der Waals surface area contributed by atoms with Crippen molar-refractivity contribution in [1.82, 2.24) is 9.80 Å². The molecule has 3 fully saturated rings. The summed E-state index contributed by atoms with van der Waals surface area (Å²) < 4.78 is 5.50. The van der Waals surface area contributed by atoms with E-state index in [1.54, 1.807) is 0 Å². The highest BCUT2D eigenvalue weighted by molar-refractivity contribution is 6.30. The van der Waals surface area contributed by atoms with Crippen LogP contribution >= 0.6 is 11.6 Å². The Bertz CT molecular complexity index is 578. The Morgan fingerprint density at radius 2 is 2.04 bits per heavy atom. The lowest BCUT2D eigenvalue weighted by Crippen LogP contribution is -2.42. The summed E-state index contributed by atoms with van der Waals surface area (Å²) in [4.78, 5) is 5.12. The number of hydrogen-bond acceptors (Lipinski definition) is 4. The number of hydrogen-bond donors (Lipinski definition) is 1. The third-order valence-corrected chi connectivity index (χ3v) is 6.41. The summed E-state index contributed by atoms with van der Waals surface area (Å²) in [6, 6.07) is 8.78. The lowest BCUT2D eigenvalue weighted by atomic mass is 9.82. The zero-order chi connectivity index (χ0) is 16.6. The van der Waals surface area contributed by atoms with E-state index >= 15 is 0 Å². The van der Waals surface area contributed by atoms with Crippen LogP contribution in [0, 0.1) is 11.3 Å². The predicted octanol–water partition coefficient (Wildman–Crippen LogP) is 2.25. The molecule has 0 bridgehead atoms. The largest absolute Gasteiger partial charge is 0.396 e. The van der Waals surface area contributed by atoms with E-state index in [1.165, 1.54) is 5.56 Å². The van der Waals surface area contributed by atoms with Gasteiger partial charge in [-0.2, -0.15) is 0 Å². The quantitative estimate of drug-likeness (QED) is 0.903. The van der Waals surface area contributed by atoms with Crippen LogP contribution < -0.4 is 0 Å². The number of aliphatic hydroxyl groups is 1. The molecule has 0 radical (unpaired) electrons. The van der Waals surface area contributed by atoms with Crippen LogP contribution in [-0.4, -0.2) is 66.9 Å². The molecule has 132 valence electrons. The van der Waals surface area contributed by atoms with Crippen LogP contribution in [0.2, 0.25) is 5.02 Å². The van der Waals surface area contributed by atoms with Crippen molar-refractivity contribution in [3.8, 4) is 0 Å². The van der Waals surface area contributed by atoms with Gasteiger partial charge in [0.2, 0.25) is 0 Å². The highest BCUT2D eigenvalue weighted by atomic mass is 35.5. The zero-order valence-corrected chi connectivity index (χ0v) is 14.9. The average molecular weight is 351 g/mol. The van der Waals surface area contributed by atoms with Gasteiger partial charge in [0.1, 0.15) is 0 Å². The third-order valence-electron chi connectivity index (χ3n) is 6.17. The van der Waals surface area contributed by atoms with E-state index in [1.807, 2.05) is 12.1 Å². The SMILES string of the molecule is OCC12CN(Cc3cccc(Cl)c3)CC1CN(C1CCOCC1)C2. The van der Waals surface area contributed by atoms with Crippen LogP contribution in [0.5, 0.6) is 0 Å². The molecule has 3 heterocycles. The minimum Gasteiger partial charge on any atom is -0.396 e. The van der Waals surface area contributed by atoms with Crippen LogP contribution in [0.15, 0.2) is 24.3 Å². The number of rotatable bonds is 4. The van der Waals surface area contributed by atoms with Crippen LogP contribution in [0.25, 0.3) is 0 Å². The summed E-state index contributed by atoms with van der Waals surface area (Å²) >= 11 is 6.11. The molecule has 0 saturated carbocycles. The normalized spacial score (nSPS) is 32.3. The summed E-state index contributed by atoms with van der Waals surface area (Å²) in [5, 5.41) is 11.0. The lowest BCUT2D eigenvalue weighted by molar-refractivity contribution is 0.0315. The zero-order valence-electron chi connectivity index (χ0n) is 14.2. The van der Waals surface area contributed by atoms with Gasteiger partial charge in [-0.15, -0.1) is 0 Å². The van der Waals surface area contributed by atoms with Crippen LogP contribution in [-0.2, 0) is 11.3 Å². The minimum atomic E-state index is 0.0525. The Kier molecular flexibility index (Phi) is 4.85. The van der Waals surface area contributed by atoms with Crippen molar-refractivity contribution in [3.63, 3.8) is 0 Å². The fraction of sp³-hybridized carbons (Fsp3) is 0.684. The molecule has 4 rings (SSSR count). The minimum absolute atomic E-state index is 0.0525. The van der Waals surface area contributed by atoms with Crippen molar-refractivity contribution >= 4 is 11.6 Å². The molecule has 1 aromatic rings. The van der Waals surface area contributed by atoms with Crippen molar-refractivity contribution in [2.45, 2.75) is 25.4 Å². The average Bonchev–Trinajstić information content (AvgIpc) is 3.10. The van der Waals surface area contributed by atoms with Crippen molar-refractivity contribution < 1.29 is 9.84 Å². The summed E-state index contributed by atoms with van der Waals surface area (Å²) in [6.45, 7) is 7.21. The van der Waals surface area contributed by atoms with Gasteiger partial charge >= 0.3 is 0 Å². The van der Waals surface area contributed by atoms with E-state index in [0.29, 0.717) is 18.6 Å². The Balaban J connectivity index is 1.41. The Morgan fingerprint density at radius 3 is 2.75 bits per heavy atom. The molecular weight excluding hydrogens is 324 g/mol. The van der Waals surface area contributed by atoms with E-state index in [-0.39, 0.29) is 5.41 Å². The molecule has 24 heavy (non-hydrogen) atoms. The fourth-order valence-electron chi connectivity index (χ4n) is 4.90. The molecule has 1 N–H and O–H groups in total. The van der Waals surface area contributed by atoms with Crippen molar-refractivity contribution in [1.29, 1.82) is 0 Å². The summed E-state index contributed by atoms with van der Waals surface area (Å²) in [7, 11) is 0. The van der Waals surface area contributed by atoms with Gasteiger partial charge in [-0.3, -0.25) is 9.80 Å². The number of ether oxygens (including phenoxy) is 1. The van der Waals surface area contributed by atoms with Crippen molar-refractivity contribution in [2.75, 3.05) is 46.0 Å². The molecule has 0 amide bonds. The number of likely N-dealkylation sites (tertiary alicyclic amines) is 2. The Morgan fingerprint density at radius 1 is 1.21 bits per heavy atom. The molecule has 3 aliphatic heterocycles. The smallest absolute Gasteiger partial charge is 0.0515 e. The third kappa shape index (κ3) is 3.23. The highest BCUT2D eigenvalue weighted by Crippen LogP contribution is 2.44. The van der Waals surface area contributed by atoms with Gasteiger partial charge in [-0.05, 0) is 36.5 Å². The van der Waals surface area contributed by atoms with Gasteiger partial charge < -0.3 is 9.84 Å². The first-order chi connectivity index (χ1) is 11.7. The number of benzene rings is 1. The van der Waals surface area contributed by atoms with Gasteiger partial charge in [-0.1, -0.05) is 23.7 Å². The first-order valence-corrected chi connectivity index (χ1v) is 9.46. The second-order valence-corrected chi connectivity index (χ2v) is 8.23. The number of aliphatic hydroxyl groups excluding tert-OH is 1. The van der Waals surface area contributed by atoms with Gasteiger partial charge in [0.15, 0.2) is 0 Å². The molecule has 0 aliphatic carbocycles. The molecule has 0 aromatic heterocycles. The standard InChI is InChI=1S/C19H27ClN2O2/c20-17-3-1-2-15(8-17)9-21-10-16-11-22(13-19(16,12-21)14-23)18-4-6-24-7-5-18/h1-3,8,16,18,23H,4-7,9-14H2. The Labute approximate surface area is 149 Å². The maximum absolute atomic E-state index is 10.2. The molecular formula is C19H27ClN2O2. The van der Waals surface area contributed by atoms with Crippen LogP contribution in [0.4, 0.5) is 0 Å². The molecule has 4 nitrogen and oxygen atoms in total. The monoisotopic (exact) mass is 350 g/mol. The first-order valence-electron chi connectivity index (χ1n) is 9.08. The predicted molar refractivity (Wildman–Crippen MR) is 95.2 cm³/mol.